The predicted molar refractivity (Wildman–Crippen MR) is 92.2 cm³/mol. The van der Waals surface area contributed by atoms with Gasteiger partial charge in [0.25, 0.3) is 0 Å². The first-order chi connectivity index (χ1) is 12.3. The Hall–Kier alpha value is -1.99. The number of rotatable bonds is 1. The van der Waals surface area contributed by atoms with Crippen molar-refractivity contribution in [2.75, 3.05) is 20.0 Å². The normalized spacial score (nSPS) is 30.2. The number of morpholine rings is 1. The molecule has 3 aliphatic heterocycles. The molecule has 142 valence electrons. The average Bonchev–Trinajstić information content (AvgIpc) is 2.99. The zero-order valence-corrected chi connectivity index (χ0v) is 15.4. The molecule has 2 unspecified atom stereocenters. The minimum absolute atomic E-state index is 0.197. The molecule has 0 aliphatic carbocycles. The smallest absolute Gasteiger partial charge is 0.410 e. The third-order valence-electron chi connectivity index (χ3n) is 5.07. The van der Waals surface area contributed by atoms with Crippen molar-refractivity contribution >= 4 is 6.09 Å². The molecule has 0 saturated carbocycles. The fourth-order valence-electron chi connectivity index (χ4n) is 4.01. The van der Waals surface area contributed by atoms with Gasteiger partial charge in [0.15, 0.2) is 11.5 Å². The van der Waals surface area contributed by atoms with Crippen LogP contribution in [0.1, 0.15) is 39.2 Å². The second-order valence-corrected chi connectivity index (χ2v) is 8.24. The highest BCUT2D eigenvalue weighted by Crippen LogP contribution is 2.44. The van der Waals surface area contributed by atoms with E-state index in [9.17, 15) is 9.90 Å². The number of nitrogens with zero attached hydrogens (tertiary/aromatic N) is 1. The number of aliphatic hydroxyl groups is 1. The fraction of sp³-hybridized carbons (Fsp3) is 0.632. The summed E-state index contributed by atoms with van der Waals surface area (Å²) < 4.78 is 22.0. The average molecular weight is 363 g/mol. The molecule has 2 bridgehead atoms. The molecular formula is C19H25NO6. The SMILES string of the molecule is CC(C)(C)OC(=O)N1C2COCC1CC(O)(c1ccc3c(c1)OCO3)C2. The summed E-state index contributed by atoms with van der Waals surface area (Å²) in [5, 5.41) is 11.4. The Labute approximate surface area is 152 Å². The maximum Gasteiger partial charge on any atom is 0.410 e. The van der Waals surface area contributed by atoms with Crippen molar-refractivity contribution in [2.24, 2.45) is 0 Å². The number of ether oxygens (including phenoxy) is 4. The number of carbonyl (C=O) groups is 1. The number of carbonyl (C=O) groups excluding carboxylic acids is 1. The third kappa shape index (κ3) is 3.10. The van der Waals surface area contributed by atoms with E-state index in [1.165, 1.54) is 0 Å². The van der Waals surface area contributed by atoms with Gasteiger partial charge in [0.2, 0.25) is 6.79 Å². The van der Waals surface area contributed by atoms with Crippen LogP contribution in [0, 0.1) is 0 Å². The Bertz CT molecular complexity index is 698. The van der Waals surface area contributed by atoms with Crippen molar-refractivity contribution in [1.82, 2.24) is 4.90 Å². The van der Waals surface area contributed by atoms with Crippen LogP contribution in [0.15, 0.2) is 18.2 Å². The lowest BCUT2D eigenvalue weighted by atomic mass is 9.77. The maximum atomic E-state index is 12.7. The van der Waals surface area contributed by atoms with E-state index in [0.29, 0.717) is 37.6 Å². The fourth-order valence-corrected chi connectivity index (χ4v) is 4.01. The lowest BCUT2D eigenvalue weighted by molar-refractivity contribution is -0.141. The Kier molecular flexibility index (Phi) is 4.04. The first-order valence-electron chi connectivity index (χ1n) is 8.97. The number of benzene rings is 1. The van der Waals surface area contributed by atoms with Gasteiger partial charge in [0.1, 0.15) is 5.60 Å². The molecule has 1 amide bonds. The van der Waals surface area contributed by atoms with Crippen molar-refractivity contribution in [3.63, 3.8) is 0 Å². The highest BCUT2D eigenvalue weighted by atomic mass is 16.7. The van der Waals surface area contributed by atoms with Crippen LogP contribution in [-0.2, 0) is 15.1 Å². The molecule has 0 spiro atoms. The van der Waals surface area contributed by atoms with Gasteiger partial charge in [-0.3, -0.25) is 4.90 Å². The van der Waals surface area contributed by atoms with Gasteiger partial charge in [0.05, 0.1) is 30.9 Å². The van der Waals surface area contributed by atoms with Gasteiger partial charge in [-0.05, 0) is 38.5 Å². The van der Waals surface area contributed by atoms with Gasteiger partial charge >= 0.3 is 6.09 Å². The summed E-state index contributed by atoms with van der Waals surface area (Å²) in [6.45, 7) is 6.53. The molecule has 2 saturated heterocycles. The van der Waals surface area contributed by atoms with Crippen molar-refractivity contribution in [2.45, 2.75) is 56.9 Å². The number of hydrogen-bond acceptors (Lipinski definition) is 6. The molecule has 26 heavy (non-hydrogen) atoms. The first kappa shape index (κ1) is 17.4. The molecule has 0 radical (unpaired) electrons. The molecule has 1 aromatic rings. The van der Waals surface area contributed by atoms with Crippen LogP contribution in [0.3, 0.4) is 0 Å². The summed E-state index contributed by atoms with van der Waals surface area (Å²) >= 11 is 0. The Morgan fingerprint density at radius 2 is 1.85 bits per heavy atom. The number of fused-ring (bicyclic) bond motifs is 3. The van der Waals surface area contributed by atoms with E-state index in [-0.39, 0.29) is 25.0 Å². The third-order valence-corrected chi connectivity index (χ3v) is 5.07. The minimum atomic E-state index is -1.04. The standard InChI is InChI=1S/C19H25NO6/c1-18(2,3)26-17(21)20-13-7-19(22,8-14(20)10-23-9-13)12-4-5-15-16(6-12)25-11-24-15/h4-6,13-14,22H,7-11H2,1-3H3. The topological polar surface area (TPSA) is 77.5 Å². The second-order valence-electron chi connectivity index (χ2n) is 8.24. The molecule has 1 N–H and O–H groups in total. The second kappa shape index (κ2) is 6.03. The Balaban J connectivity index is 1.58. The Morgan fingerprint density at radius 1 is 1.19 bits per heavy atom. The lowest BCUT2D eigenvalue weighted by Crippen LogP contribution is -2.63. The number of amides is 1. The quantitative estimate of drug-likeness (QED) is 0.826. The van der Waals surface area contributed by atoms with Crippen LogP contribution in [0.5, 0.6) is 11.5 Å². The molecule has 1 aromatic carbocycles. The van der Waals surface area contributed by atoms with Crippen molar-refractivity contribution in [3.05, 3.63) is 23.8 Å². The summed E-state index contributed by atoms with van der Waals surface area (Å²) in [5.41, 5.74) is -0.821. The molecule has 2 fully saturated rings. The van der Waals surface area contributed by atoms with Crippen LogP contribution in [0.4, 0.5) is 4.79 Å². The Morgan fingerprint density at radius 3 is 2.50 bits per heavy atom. The van der Waals surface area contributed by atoms with E-state index in [1.54, 1.807) is 4.90 Å². The summed E-state index contributed by atoms with van der Waals surface area (Å²) in [6, 6.07) is 5.07. The van der Waals surface area contributed by atoms with Crippen molar-refractivity contribution in [3.8, 4) is 11.5 Å². The summed E-state index contributed by atoms with van der Waals surface area (Å²) in [4.78, 5) is 14.4. The van der Waals surface area contributed by atoms with E-state index in [4.69, 9.17) is 18.9 Å². The van der Waals surface area contributed by atoms with Crippen LogP contribution < -0.4 is 9.47 Å². The summed E-state index contributed by atoms with van der Waals surface area (Å²) in [7, 11) is 0. The first-order valence-corrected chi connectivity index (χ1v) is 8.97. The monoisotopic (exact) mass is 363 g/mol. The predicted octanol–water partition coefficient (Wildman–Crippen LogP) is 2.40. The van der Waals surface area contributed by atoms with E-state index in [0.717, 1.165) is 5.56 Å². The van der Waals surface area contributed by atoms with Crippen LogP contribution >= 0.6 is 0 Å². The lowest BCUT2D eigenvalue weighted by Gasteiger charge is -2.51. The number of hydrogen-bond donors (Lipinski definition) is 1. The maximum absolute atomic E-state index is 12.7. The van der Waals surface area contributed by atoms with E-state index >= 15 is 0 Å². The van der Waals surface area contributed by atoms with Gasteiger partial charge in [-0.15, -0.1) is 0 Å². The molecule has 0 aromatic heterocycles. The molecule has 2 atom stereocenters. The highest BCUT2D eigenvalue weighted by Gasteiger charge is 2.50. The van der Waals surface area contributed by atoms with Crippen LogP contribution in [0.2, 0.25) is 0 Å². The molecule has 3 heterocycles. The minimum Gasteiger partial charge on any atom is -0.454 e. The molecule has 4 rings (SSSR count). The van der Waals surface area contributed by atoms with Gasteiger partial charge in [-0.1, -0.05) is 6.07 Å². The van der Waals surface area contributed by atoms with Gasteiger partial charge in [0, 0.05) is 12.8 Å². The van der Waals surface area contributed by atoms with E-state index in [1.807, 2.05) is 39.0 Å². The van der Waals surface area contributed by atoms with Crippen LogP contribution in [-0.4, -0.2) is 53.8 Å². The molecule has 3 aliphatic rings. The molecule has 7 nitrogen and oxygen atoms in total. The summed E-state index contributed by atoms with van der Waals surface area (Å²) in [6.07, 6.45) is 0.439. The van der Waals surface area contributed by atoms with Crippen molar-refractivity contribution < 1.29 is 28.8 Å². The van der Waals surface area contributed by atoms with E-state index in [2.05, 4.69) is 0 Å². The molecular weight excluding hydrogens is 338 g/mol. The zero-order valence-electron chi connectivity index (χ0n) is 15.4. The van der Waals surface area contributed by atoms with E-state index < -0.39 is 11.2 Å². The zero-order chi connectivity index (χ0) is 18.5. The van der Waals surface area contributed by atoms with Crippen molar-refractivity contribution in [1.29, 1.82) is 0 Å². The van der Waals surface area contributed by atoms with Gasteiger partial charge < -0.3 is 24.1 Å². The highest BCUT2D eigenvalue weighted by molar-refractivity contribution is 5.69. The van der Waals surface area contributed by atoms with Gasteiger partial charge in [-0.25, -0.2) is 4.79 Å². The molecule has 7 heteroatoms. The van der Waals surface area contributed by atoms with Crippen LogP contribution in [0.25, 0.3) is 0 Å². The van der Waals surface area contributed by atoms with Gasteiger partial charge in [-0.2, -0.15) is 0 Å². The largest absolute Gasteiger partial charge is 0.454 e. The summed E-state index contributed by atoms with van der Waals surface area (Å²) in [5.74, 6) is 1.33. The number of piperidine rings is 1.